The van der Waals surface area contributed by atoms with Gasteiger partial charge in [0.25, 0.3) is 0 Å². The molecule has 0 radical (unpaired) electrons. The summed E-state index contributed by atoms with van der Waals surface area (Å²) in [7, 11) is 0. The van der Waals surface area contributed by atoms with Crippen LogP contribution >= 0.6 is 0 Å². The normalized spacial score (nSPS) is 35.0. The van der Waals surface area contributed by atoms with E-state index in [9.17, 15) is 5.11 Å². The van der Waals surface area contributed by atoms with Gasteiger partial charge in [0, 0.05) is 0 Å². The summed E-state index contributed by atoms with van der Waals surface area (Å²) >= 11 is 0. The van der Waals surface area contributed by atoms with Gasteiger partial charge < -0.3 is 5.11 Å². The summed E-state index contributed by atoms with van der Waals surface area (Å²) in [6.45, 7) is 6.61. The topological polar surface area (TPSA) is 20.2 Å². The van der Waals surface area contributed by atoms with Gasteiger partial charge in [-0.2, -0.15) is 0 Å². The van der Waals surface area contributed by atoms with Crippen LogP contribution in [0, 0.1) is 17.8 Å². The highest BCUT2D eigenvalue weighted by Gasteiger charge is 2.29. The molecule has 1 rings (SSSR count). The van der Waals surface area contributed by atoms with Crippen molar-refractivity contribution in [2.45, 2.75) is 52.6 Å². The molecule has 1 saturated carbocycles. The van der Waals surface area contributed by atoms with Gasteiger partial charge in [-0.1, -0.05) is 33.6 Å². The molecular formula is C11H22O. The van der Waals surface area contributed by atoms with E-state index in [2.05, 4.69) is 20.8 Å². The lowest BCUT2D eigenvalue weighted by Gasteiger charge is -2.23. The zero-order valence-corrected chi connectivity index (χ0v) is 8.59. The molecule has 0 heterocycles. The molecule has 0 aromatic carbocycles. The van der Waals surface area contributed by atoms with Crippen LogP contribution in [-0.4, -0.2) is 11.2 Å². The van der Waals surface area contributed by atoms with E-state index in [0.717, 1.165) is 12.3 Å². The third-order valence-electron chi connectivity index (χ3n) is 3.45. The summed E-state index contributed by atoms with van der Waals surface area (Å²) < 4.78 is 0. The fourth-order valence-corrected chi connectivity index (χ4v) is 2.27. The molecule has 1 N–H and O–H groups in total. The third kappa shape index (κ3) is 2.22. The van der Waals surface area contributed by atoms with Crippen molar-refractivity contribution in [1.82, 2.24) is 0 Å². The van der Waals surface area contributed by atoms with Crippen molar-refractivity contribution in [2.24, 2.45) is 17.8 Å². The molecule has 0 aromatic rings. The first-order chi connectivity index (χ1) is 5.65. The van der Waals surface area contributed by atoms with Crippen molar-refractivity contribution in [3.05, 3.63) is 0 Å². The summed E-state index contributed by atoms with van der Waals surface area (Å²) in [6.07, 6.45) is 4.86. The van der Waals surface area contributed by atoms with Crippen molar-refractivity contribution in [3.63, 3.8) is 0 Å². The molecule has 1 nitrogen and oxygen atoms in total. The maximum absolute atomic E-state index is 9.94. The predicted molar refractivity (Wildman–Crippen MR) is 52.0 cm³/mol. The highest BCUT2D eigenvalue weighted by Crippen LogP contribution is 2.35. The molecule has 1 fully saturated rings. The molecule has 1 aliphatic rings. The molecule has 0 aliphatic heterocycles. The lowest BCUT2D eigenvalue weighted by molar-refractivity contribution is 0.0569. The Kier molecular flexibility index (Phi) is 3.57. The van der Waals surface area contributed by atoms with E-state index in [1.54, 1.807) is 0 Å². The molecular weight excluding hydrogens is 148 g/mol. The highest BCUT2D eigenvalue weighted by atomic mass is 16.3. The first-order valence-electron chi connectivity index (χ1n) is 5.33. The molecule has 1 heteroatoms. The second-order valence-electron chi connectivity index (χ2n) is 4.55. The molecule has 12 heavy (non-hydrogen) atoms. The van der Waals surface area contributed by atoms with Crippen LogP contribution in [0.3, 0.4) is 0 Å². The van der Waals surface area contributed by atoms with Crippen molar-refractivity contribution < 1.29 is 5.11 Å². The second kappa shape index (κ2) is 4.27. The Balaban J connectivity index is 2.37. The Hall–Kier alpha value is -0.0400. The quantitative estimate of drug-likeness (QED) is 0.690. The molecule has 1 aliphatic carbocycles. The van der Waals surface area contributed by atoms with Crippen molar-refractivity contribution in [3.8, 4) is 0 Å². The third-order valence-corrected chi connectivity index (χ3v) is 3.45. The van der Waals surface area contributed by atoms with E-state index in [-0.39, 0.29) is 6.10 Å². The molecule has 72 valence electrons. The molecule has 4 unspecified atom stereocenters. The lowest BCUT2D eigenvalue weighted by atomic mass is 9.89. The molecule has 0 saturated heterocycles. The Labute approximate surface area is 76.2 Å². The average molecular weight is 170 g/mol. The minimum Gasteiger partial charge on any atom is -0.393 e. The fourth-order valence-electron chi connectivity index (χ4n) is 2.27. The monoisotopic (exact) mass is 170 g/mol. The summed E-state index contributed by atoms with van der Waals surface area (Å²) in [4.78, 5) is 0. The van der Waals surface area contributed by atoms with E-state index in [0.29, 0.717) is 11.8 Å². The maximum atomic E-state index is 9.94. The van der Waals surface area contributed by atoms with Gasteiger partial charge in [-0.05, 0) is 30.6 Å². The largest absolute Gasteiger partial charge is 0.393 e. The lowest BCUT2D eigenvalue weighted by Crippen LogP contribution is -2.25. The van der Waals surface area contributed by atoms with Crippen molar-refractivity contribution in [2.75, 3.05) is 0 Å². The van der Waals surface area contributed by atoms with Gasteiger partial charge in [0.05, 0.1) is 6.10 Å². The summed E-state index contributed by atoms with van der Waals surface area (Å²) in [5, 5.41) is 9.94. The SMILES string of the molecule is CCC(C)C(O)C1CCC(C)C1. The van der Waals surface area contributed by atoms with Crippen LogP contribution in [-0.2, 0) is 0 Å². The van der Waals surface area contributed by atoms with Crippen LogP contribution in [0.4, 0.5) is 0 Å². The Morgan fingerprint density at radius 3 is 2.50 bits per heavy atom. The van der Waals surface area contributed by atoms with Crippen molar-refractivity contribution in [1.29, 1.82) is 0 Å². The summed E-state index contributed by atoms with van der Waals surface area (Å²) in [5.74, 6) is 1.92. The first kappa shape index (κ1) is 10.0. The van der Waals surface area contributed by atoms with Gasteiger partial charge in [-0.15, -0.1) is 0 Å². The van der Waals surface area contributed by atoms with Gasteiger partial charge in [0.15, 0.2) is 0 Å². The van der Waals surface area contributed by atoms with E-state index in [1.807, 2.05) is 0 Å². The van der Waals surface area contributed by atoms with E-state index in [4.69, 9.17) is 0 Å². The van der Waals surface area contributed by atoms with E-state index < -0.39 is 0 Å². The van der Waals surface area contributed by atoms with Gasteiger partial charge in [0.2, 0.25) is 0 Å². The molecule has 0 bridgehead atoms. The van der Waals surface area contributed by atoms with Gasteiger partial charge in [-0.25, -0.2) is 0 Å². The van der Waals surface area contributed by atoms with Gasteiger partial charge >= 0.3 is 0 Å². The standard InChI is InChI=1S/C11H22O/c1-4-9(3)11(12)10-6-5-8(2)7-10/h8-12H,4-7H2,1-3H3. The van der Waals surface area contributed by atoms with E-state index in [1.165, 1.54) is 19.3 Å². The average Bonchev–Trinajstić information content (AvgIpc) is 2.49. The first-order valence-corrected chi connectivity index (χ1v) is 5.33. The fraction of sp³-hybridized carbons (Fsp3) is 1.00. The van der Waals surface area contributed by atoms with Gasteiger partial charge in [0.1, 0.15) is 0 Å². The zero-order valence-electron chi connectivity index (χ0n) is 8.59. The van der Waals surface area contributed by atoms with Crippen LogP contribution in [0.1, 0.15) is 46.5 Å². The van der Waals surface area contributed by atoms with Crippen LogP contribution < -0.4 is 0 Å². The van der Waals surface area contributed by atoms with Crippen molar-refractivity contribution >= 4 is 0 Å². The molecule has 0 amide bonds. The Morgan fingerprint density at radius 2 is 2.08 bits per heavy atom. The minimum absolute atomic E-state index is 0.0417. The van der Waals surface area contributed by atoms with Crippen LogP contribution in [0.5, 0.6) is 0 Å². The second-order valence-corrected chi connectivity index (χ2v) is 4.55. The number of hydrogen-bond acceptors (Lipinski definition) is 1. The van der Waals surface area contributed by atoms with E-state index >= 15 is 0 Å². The molecule has 4 atom stereocenters. The van der Waals surface area contributed by atoms with Crippen LogP contribution in [0.2, 0.25) is 0 Å². The number of rotatable bonds is 3. The maximum Gasteiger partial charge on any atom is 0.0593 e. The number of hydrogen-bond donors (Lipinski definition) is 1. The Morgan fingerprint density at radius 1 is 1.42 bits per heavy atom. The predicted octanol–water partition coefficient (Wildman–Crippen LogP) is 2.83. The summed E-state index contributed by atoms with van der Waals surface area (Å²) in [5.41, 5.74) is 0. The summed E-state index contributed by atoms with van der Waals surface area (Å²) in [6, 6.07) is 0. The zero-order chi connectivity index (χ0) is 9.14. The molecule has 0 spiro atoms. The Bertz CT molecular complexity index is 133. The molecule has 0 aromatic heterocycles. The smallest absolute Gasteiger partial charge is 0.0593 e. The number of aliphatic hydroxyl groups excluding tert-OH is 1. The van der Waals surface area contributed by atoms with Gasteiger partial charge in [-0.3, -0.25) is 0 Å². The van der Waals surface area contributed by atoms with Crippen LogP contribution in [0.15, 0.2) is 0 Å². The minimum atomic E-state index is -0.0417. The highest BCUT2D eigenvalue weighted by molar-refractivity contribution is 4.80. The van der Waals surface area contributed by atoms with Crippen LogP contribution in [0.25, 0.3) is 0 Å². The number of aliphatic hydroxyl groups is 1.